The number of aliphatic hydroxyl groups is 1. The molecule has 2 atom stereocenters. The lowest BCUT2D eigenvalue weighted by molar-refractivity contribution is -0.129. The van der Waals surface area contributed by atoms with Gasteiger partial charge in [-0.1, -0.05) is 24.3 Å². The summed E-state index contributed by atoms with van der Waals surface area (Å²) < 4.78 is 0. The van der Waals surface area contributed by atoms with Crippen LogP contribution < -0.4 is 10.6 Å². The van der Waals surface area contributed by atoms with Crippen molar-refractivity contribution in [3.63, 3.8) is 0 Å². The topological polar surface area (TPSA) is 97.8 Å². The molecule has 1 fully saturated rings. The van der Waals surface area contributed by atoms with Crippen molar-refractivity contribution in [2.24, 2.45) is 0 Å². The Morgan fingerprint density at radius 2 is 1.88 bits per heavy atom. The smallest absolute Gasteiger partial charge is 0.251 e. The summed E-state index contributed by atoms with van der Waals surface area (Å²) in [6.45, 7) is 6.96. The molecule has 0 aliphatic carbocycles. The molecule has 0 saturated carbocycles. The van der Waals surface area contributed by atoms with E-state index in [1.54, 1.807) is 25.3 Å². The van der Waals surface area contributed by atoms with Crippen LogP contribution >= 0.6 is 0 Å². The monoisotopic (exact) mass is 465 g/mol. The number of amides is 2. The summed E-state index contributed by atoms with van der Waals surface area (Å²) in [7, 11) is 0. The summed E-state index contributed by atoms with van der Waals surface area (Å²) >= 11 is 0. The molecule has 2 amide bonds. The number of carbonyl (C=O) groups excluding carboxylic acids is 2. The molecule has 1 saturated heterocycles. The third-order valence-electron chi connectivity index (χ3n) is 7.08. The maximum absolute atomic E-state index is 12.7. The fraction of sp³-hybridized carbons (Fsp3) is 0.500. The maximum atomic E-state index is 12.7. The van der Waals surface area contributed by atoms with Crippen LogP contribution in [0.25, 0.3) is 0 Å². The number of nitrogens with zero attached hydrogens (tertiary/aromatic N) is 3. The number of pyridine rings is 1. The van der Waals surface area contributed by atoms with E-state index in [9.17, 15) is 14.7 Å². The van der Waals surface area contributed by atoms with Gasteiger partial charge >= 0.3 is 0 Å². The van der Waals surface area contributed by atoms with Gasteiger partial charge in [0.05, 0.1) is 6.10 Å². The van der Waals surface area contributed by atoms with Gasteiger partial charge in [0.2, 0.25) is 5.91 Å². The molecule has 3 N–H and O–H groups in total. The van der Waals surface area contributed by atoms with E-state index >= 15 is 0 Å². The zero-order chi connectivity index (χ0) is 24.1. The van der Waals surface area contributed by atoms with Gasteiger partial charge in [-0.05, 0) is 49.4 Å². The van der Waals surface area contributed by atoms with E-state index in [2.05, 4.69) is 44.8 Å². The second kappa shape index (κ2) is 11.0. The molecule has 182 valence electrons. The lowest BCUT2D eigenvalue weighted by Gasteiger charge is -2.36. The number of rotatable bonds is 7. The van der Waals surface area contributed by atoms with Crippen molar-refractivity contribution < 1.29 is 14.7 Å². The number of aliphatic hydroxyl groups excluding tert-OH is 1. The second-order valence-corrected chi connectivity index (χ2v) is 9.36. The fourth-order valence-electron chi connectivity index (χ4n) is 4.78. The third-order valence-corrected chi connectivity index (χ3v) is 7.08. The van der Waals surface area contributed by atoms with Crippen molar-refractivity contribution in [1.82, 2.24) is 20.1 Å². The molecule has 8 heteroatoms. The Morgan fingerprint density at radius 3 is 2.62 bits per heavy atom. The minimum Gasteiger partial charge on any atom is -0.390 e. The standard InChI is InChI=1S/C26H35N5O3/c1-18(31-12-8-20-5-3-4-6-22(20)17-31)24(33)16-28-26(34)21-7-11-27-25(15-21)29-23-9-13-30(14-10-23)19(2)32/h3-7,11,15,18,23-24,33H,8-10,12-14,16-17H2,1-2H3,(H,27,29)(H,28,34). The van der Waals surface area contributed by atoms with Gasteiger partial charge in [-0.15, -0.1) is 0 Å². The van der Waals surface area contributed by atoms with Crippen LogP contribution in [0.1, 0.15) is 48.2 Å². The highest BCUT2D eigenvalue weighted by atomic mass is 16.3. The van der Waals surface area contributed by atoms with Gasteiger partial charge in [0.1, 0.15) is 5.82 Å². The number of piperidine rings is 1. The molecule has 3 heterocycles. The first-order valence-electron chi connectivity index (χ1n) is 12.2. The van der Waals surface area contributed by atoms with Crippen molar-refractivity contribution in [1.29, 1.82) is 0 Å². The number of aromatic nitrogens is 1. The normalized spacial score (nSPS) is 18.6. The highest BCUT2D eigenvalue weighted by Crippen LogP contribution is 2.21. The van der Waals surface area contributed by atoms with Crippen LogP contribution in [0.15, 0.2) is 42.6 Å². The minimum atomic E-state index is -0.667. The molecule has 2 unspecified atom stereocenters. The van der Waals surface area contributed by atoms with Crippen molar-refractivity contribution >= 4 is 17.6 Å². The molecule has 0 bridgehead atoms. The van der Waals surface area contributed by atoms with Crippen LogP contribution in [0.4, 0.5) is 5.82 Å². The molecule has 34 heavy (non-hydrogen) atoms. The van der Waals surface area contributed by atoms with Crippen LogP contribution in [-0.2, 0) is 17.8 Å². The van der Waals surface area contributed by atoms with Crippen molar-refractivity contribution in [2.75, 3.05) is 31.5 Å². The second-order valence-electron chi connectivity index (χ2n) is 9.36. The summed E-state index contributed by atoms with van der Waals surface area (Å²) in [5.41, 5.74) is 3.19. The Labute approximate surface area is 201 Å². The number of fused-ring (bicyclic) bond motifs is 1. The van der Waals surface area contributed by atoms with Crippen molar-refractivity contribution in [3.8, 4) is 0 Å². The van der Waals surface area contributed by atoms with E-state index in [-0.39, 0.29) is 30.4 Å². The summed E-state index contributed by atoms with van der Waals surface area (Å²) in [4.78, 5) is 32.7. The van der Waals surface area contributed by atoms with Crippen molar-refractivity contribution in [3.05, 3.63) is 59.3 Å². The molecular formula is C26H35N5O3. The van der Waals surface area contributed by atoms with Crippen LogP contribution in [-0.4, -0.2) is 76.1 Å². The Kier molecular flexibility index (Phi) is 7.80. The quantitative estimate of drug-likeness (QED) is 0.579. The van der Waals surface area contributed by atoms with Gasteiger partial charge in [0.15, 0.2) is 0 Å². The highest BCUT2D eigenvalue weighted by molar-refractivity contribution is 5.94. The summed E-state index contributed by atoms with van der Waals surface area (Å²) in [6.07, 6.45) is 3.62. The average Bonchev–Trinajstić information content (AvgIpc) is 2.86. The zero-order valence-electron chi connectivity index (χ0n) is 20.0. The number of hydrogen-bond acceptors (Lipinski definition) is 6. The number of benzene rings is 1. The SMILES string of the molecule is CC(=O)N1CCC(Nc2cc(C(=O)NCC(O)C(C)N3CCc4ccccc4C3)ccn2)CC1. The lowest BCUT2D eigenvalue weighted by Crippen LogP contribution is -2.48. The molecular weight excluding hydrogens is 430 g/mol. The van der Waals surface area contributed by atoms with Gasteiger partial charge in [-0.25, -0.2) is 4.98 Å². The summed E-state index contributed by atoms with van der Waals surface area (Å²) in [5.74, 6) is 0.527. The van der Waals surface area contributed by atoms with Gasteiger partial charge < -0.3 is 20.6 Å². The number of hydrogen-bond donors (Lipinski definition) is 3. The fourth-order valence-corrected chi connectivity index (χ4v) is 4.78. The molecule has 0 radical (unpaired) electrons. The van der Waals surface area contributed by atoms with Gasteiger partial charge in [0.25, 0.3) is 5.91 Å². The molecule has 8 nitrogen and oxygen atoms in total. The van der Waals surface area contributed by atoms with Gasteiger partial charge in [0, 0.05) is 63.5 Å². The lowest BCUT2D eigenvalue weighted by atomic mass is 9.98. The Bertz CT molecular complexity index is 1010. The Morgan fingerprint density at radius 1 is 1.15 bits per heavy atom. The first-order valence-corrected chi connectivity index (χ1v) is 12.2. The predicted octanol–water partition coefficient (Wildman–Crippen LogP) is 2.04. The summed E-state index contributed by atoms with van der Waals surface area (Å²) in [5, 5.41) is 17.0. The van der Waals surface area contributed by atoms with E-state index in [4.69, 9.17) is 0 Å². The van der Waals surface area contributed by atoms with Crippen LogP contribution in [0, 0.1) is 0 Å². The predicted molar refractivity (Wildman–Crippen MR) is 131 cm³/mol. The molecule has 0 spiro atoms. The first kappa shape index (κ1) is 24.2. The molecule has 2 aliphatic rings. The highest BCUT2D eigenvalue weighted by Gasteiger charge is 2.26. The number of likely N-dealkylation sites (tertiary alicyclic amines) is 1. The largest absolute Gasteiger partial charge is 0.390 e. The molecule has 1 aromatic carbocycles. The first-order chi connectivity index (χ1) is 16.4. The van der Waals surface area contributed by atoms with E-state index in [0.29, 0.717) is 11.4 Å². The van der Waals surface area contributed by atoms with E-state index in [1.165, 1.54) is 11.1 Å². The Hall–Kier alpha value is -2.97. The number of carbonyl (C=O) groups is 2. The molecule has 2 aromatic rings. The minimum absolute atomic E-state index is 0.0656. The number of nitrogens with one attached hydrogen (secondary N) is 2. The van der Waals surface area contributed by atoms with Crippen LogP contribution in [0.2, 0.25) is 0 Å². The molecule has 4 rings (SSSR count). The van der Waals surface area contributed by atoms with Crippen LogP contribution in [0.5, 0.6) is 0 Å². The van der Waals surface area contributed by atoms with E-state index in [0.717, 1.165) is 45.4 Å². The maximum Gasteiger partial charge on any atom is 0.251 e. The van der Waals surface area contributed by atoms with Crippen LogP contribution in [0.3, 0.4) is 0 Å². The molecule has 1 aromatic heterocycles. The van der Waals surface area contributed by atoms with Gasteiger partial charge in [-0.3, -0.25) is 14.5 Å². The summed E-state index contributed by atoms with van der Waals surface area (Å²) in [6, 6.07) is 12.0. The molecule has 2 aliphatic heterocycles. The van der Waals surface area contributed by atoms with Gasteiger partial charge in [-0.2, -0.15) is 0 Å². The Balaban J connectivity index is 1.26. The van der Waals surface area contributed by atoms with E-state index in [1.807, 2.05) is 11.8 Å². The third kappa shape index (κ3) is 5.93. The average molecular weight is 466 g/mol. The van der Waals surface area contributed by atoms with E-state index < -0.39 is 6.10 Å². The number of anilines is 1. The van der Waals surface area contributed by atoms with Crippen molar-refractivity contribution in [2.45, 2.75) is 57.8 Å². The zero-order valence-corrected chi connectivity index (χ0v) is 20.0.